The van der Waals surface area contributed by atoms with Gasteiger partial charge in [-0.15, -0.1) is 11.3 Å². The van der Waals surface area contributed by atoms with E-state index in [2.05, 4.69) is 15.2 Å². The van der Waals surface area contributed by atoms with Gasteiger partial charge in [0, 0.05) is 28.3 Å². The minimum Gasteiger partial charge on any atom is -0.366 e. The highest BCUT2D eigenvalue weighted by atomic mass is 32.1. The van der Waals surface area contributed by atoms with E-state index in [0.717, 1.165) is 12.1 Å². The first-order chi connectivity index (χ1) is 10.9. The molecule has 0 aliphatic carbocycles. The number of alkyl halides is 3. The van der Waals surface area contributed by atoms with Crippen LogP contribution in [0, 0.1) is 0 Å². The number of nitrogens with zero attached hydrogens (tertiary/aromatic N) is 2. The molecule has 0 aliphatic heterocycles. The van der Waals surface area contributed by atoms with Crippen LogP contribution in [-0.4, -0.2) is 21.1 Å². The van der Waals surface area contributed by atoms with Crippen LogP contribution in [-0.2, 0) is 6.18 Å². The van der Waals surface area contributed by atoms with E-state index in [1.807, 2.05) is 0 Å². The Hall–Kier alpha value is -2.68. The quantitative estimate of drug-likeness (QED) is 0.768. The molecule has 0 unspecified atom stereocenters. The van der Waals surface area contributed by atoms with Crippen LogP contribution in [0.1, 0.15) is 15.9 Å². The van der Waals surface area contributed by atoms with Gasteiger partial charge in [0.15, 0.2) is 0 Å². The molecular weight excluding hydrogens is 329 g/mol. The van der Waals surface area contributed by atoms with Crippen molar-refractivity contribution in [1.29, 1.82) is 0 Å². The van der Waals surface area contributed by atoms with Crippen LogP contribution in [0.25, 0.3) is 22.5 Å². The predicted octanol–water partition coefficient (Wildman–Crippen LogP) is 3.32. The Morgan fingerprint density at radius 1 is 1.22 bits per heavy atom. The van der Waals surface area contributed by atoms with Gasteiger partial charge in [0.1, 0.15) is 0 Å². The van der Waals surface area contributed by atoms with Crippen molar-refractivity contribution in [2.75, 3.05) is 0 Å². The first-order valence-electron chi connectivity index (χ1n) is 6.32. The Labute approximate surface area is 132 Å². The maximum atomic E-state index is 13.4. The molecule has 3 aromatic rings. The number of nitrogens with two attached hydrogens (primary N) is 1. The van der Waals surface area contributed by atoms with Gasteiger partial charge in [-0.05, 0) is 18.2 Å². The first kappa shape index (κ1) is 15.2. The number of aromatic nitrogens is 3. The summed E-state index contributed by atoms with van der Waals surface area (Å²) in [5, 5.41) is 7.76. The van der Waals surface area contributed by atoms with Crippen molar-refractivity contribution in [3.05, 3.63) is 46.4 Å². The zero-order chi connectivity index (χ0) is 16.6. The maximum Gasteiger partial charge on any atom is 0.417 e. The van der Waals surface area contributed by atoms with Gasteiger partial charge in [-0.2, -0.15) is 18.3 Å². The Balaban J connectivity index is 2.44. The van der Waals surface area contributed by atoms with E-state index in [0.29, 0.717) is 0 Å². The standard InChI is InChI=1S/C14H9F3N4OS/c15-14(16,17)8-2-1-7(13(18)22)11(10-5-23-6-19-10)12(8)9-3-4-20-21-9/h1-6H,(H2,18,22)(H,20,21). The molecule has 118 valence electrons. The van der Waals surface area contributed by atoms with Gasteiger partial charge in [-0.1, -0.05) is 0 Å². The van der Waals surface area contributed by atoms with Crippen molar-refractivity contribution in [2.45, 2.75) is 6.18 Å². The summed E-state index contributed by atoms with van der Waals surface area (Å²) in [6, 6.07) is 3.30. The van der Waals surface area contributed by atoms with Crippen LogP contribution in [0.15, 0.2) is 35.3 Å². The Bertz CT molecular complexity index is 842. The molecule has 0 aliphatic rings. The van der Waals surface area contributed by atoms with Crippen molar-refractivity contribution in [3.63, 3.8) is 0 Å². The molecule has 0 bridgehead atoms. The predicted molar refractivity (Wildman–Crippen MR) is 78.7 cm³/mol. The molecule has 3 N–H and O–H groups in total. The average molecular weight is 338 g/mol. The minimum atomic E-state index is -4.61. The highest BCUT2D eigenvalue weighted by Crippen LogP contribution is 2.43. The van der Waals surface area contributed by atoms with Crippen LogP contribution in [0.2, 0.25) is 0 Å². The lowest BCUT2D eigenvalue weighted by molar-refractivity contribution is -0.137. The summed E-state index contributed by atoms with van der Waals surface area (Å²) >= 11 is 1.20. The molecule has 0 spiro atoms. The summed E-state index contributed by atoms with van der Waals surface area (Å²) in [5.41, 5.74) is 6.09. The summed E-state index contributed by atoms with van der Waals surface area (Å²) in [7, 11) is 0. The van der Waals surface area contributed by atoms with E-state index in [-0.39, 0.29) is 28.1 Å². The molecule has 1 amide bonds. The van der Waals surface area contributed by atoms with Crippen molar-refractivity contribution < 1.29 is 18.0 Å². The van der Waals surface area contributed by atoms with Gasteiger partial charge in [-0.25, -0.2) is 4.98 Å². The maximum absolute atomic E-state index is 13.4. The van der Waals surface area contributed by atoms with Gasteiger partial charge in [0.2, 0.25) is 5.91 Å². The third-order valence-corrected chi connectivity index (χ3v) is 3.82. The molecule has 3 rings (SSSR count). The van der Waals surface area contributed by atoms with Gasteiger partial charge < -0.3 is 5.73 Å². The lowest BCUT2D eigenvalue weighted by atomic mass is 9.91. The number of carbonyl (C=O) groups excluding carboxylic acids is 1. The third kappa shape index (κ3) is 2.70. The molecule has 0 saturated carbocycles. The van der Waals surface area contributed by atoms with Crippen LogP contribution in [0.3, 0.4) is 0 Å². The number of H-pyrrole nitrogens is 1. The van der Waals surface area contributed by atoms with Crippen LogP contribution in [0.5, 0.6) is 0 Å². The number of benzene rings is 1. The van der Waals surface area contributed by atoms with Crippen molar-refractivity contribution in [2.24, 2.45) is 5.73 Å². The van der Waals surface area contributed by atoms with Gasteiger partial charge >= 0.3 is 6.18 Å². The molecule has 2 aromatic heterocycles. The number of hydrogen-bond donors (Lipinski definition) is 2. The number of carbonyl (C=O) groups is 1. The number of aromatic amines is 1. The topological polar surface area (TPSA) is 84.7 Å². The molecule has 9 heteroatoms. The summed E-state index contributed by atoms with van der Waals surface area (Å²) < 4.78 is 40.3. The molecule has 0 saturated heterocycles. The molecule has 0 radical (unpaired) electrons. The SMILES string of the molecule is NC(=O)c1ccc(C(F)(F)F)c(-c2ccn[nH]2)c1-c1cscn1. The van der Waals surface area contributed by atoms with E-state index in [9.17, 15) is 18.0 Å². The zero-order valence-corrected chi connectivity index (χ0v) is 12.2. The molecule has 0 atom stereocenters. The molecule has 1 aromatic carbocycles. The average Bonchev–Trinajstić information content (AvgIpc) is 3.18. The molecular formula is C14H9F3N4OS. The Kier molecular flexibility index (Phi) is 3.64. The normalized spacial score (nSPS) is 11.6. The van der Waals surface area contributed by atoms with Gasteiger partial charge in [0.05, 0.1) is 22.5 Å². The fourth-order valence-corrected chi connectivity index (χ4v) is 2.86. The second-order valence-electron chi connectivity index (χ2n) is 4.62. The number of thiazole rings is 1. The van der Waals surface area contributed by atoms with Crippen molar-refractivity contribution >= 4 is 17.2 Å². The number of hydrogen-bond acceptors (Lipinski definition) is 4. The van der Waals surface area contributed by atoms with E-state index >= 15 is 0 Å². The summed E-state index contributed by atoms with van der Waals surface area (Å²) in [6.45, 7) is 0. The highest BCUT2D eigenvalue weighted by Gasteiger charge is 2.37. The zero-order valence-electron chi connectivity index (χ0n) is 11.4. The monoisotopic (exact) mass is 338 g/mol. The first-order valence-corrected chi connectivity index (χ1v) is 7.26. The van der Waals surface area contributed by atoms with Crippen molar-refractivity contribution in [3.8, 4) is 22.5 Å². The molecule has 2 heterocycles. The lowest BCUT2D eigenvalue weighted by Crippen LogP contribution is -2.16. The van der Waals surface area contributed by atoms with Crippen LogP contribution >= 0.6 is 11.3 Å². The number of halogens is 3. The number of amides is 1. The summed E-state index contributed by atoms with van der Waals surface area (Å²) in [5.74, 6) is -0.831. The van der Waals surface area contributed by atoms with Crippen molar-refractivity contribution in [1.82, 2.24) is 15.2 Å². The Morgan fingerprint density at radius 3 is 2.52 bits per heavy atom. The van der Waals surface area contributed by atoms with Crippen LogP contribution in [0.4, 0.5) is 13.2 Å². The summed E-state index contributed by atoms with van der Waals surface area (Å²) in [4.78, 5) is 15.7. The van der Waals surface area contributed by atoms with E-state index in [4.69, 9.17) is 5.73 Å². The fraction of sp³-hybridized carbons (Fsp3) is 0.0714. The van der Waals surface area contributed by atoms with E-state index in [1.54, 1.807) is 5.38 Å². The second-order valence-corrected chi connectivity index (χ2v) is 5.34. The summed E-state index contributed by atoms with van der Waals surface area (Å²) in [6.07, 6.45) is -3.28. The molecule has 23 heavy (non-hydrogen) atoms. The number of primary amides is 1. The third-order valence-electron chi connectivity index (χ3n) is 3.23. The highest BCUT2D eigenvalue weighted by molar-refractivity contribution is 7.07. The minimum absolute atomic E-state index is 0.0338. The van der Waals surface area contributed by atoms with Crippen LogP contribution < -0.4 is 5.73 Å². The lowest BCUT2D eigenvalue weighted by Gasteiger charge is -2.17. The molecule has 5 nitrogen and oxygen atoms in total. The van der Waals surface area contributed by atoms with E-state index in [1.165, 1.54) is 29.1 Å². The van der Waals surface area contributed by atoms with E-state index < -0.39 is 17.6 Å². The Morgan fingerprint density at radius 2 is 2.00 bits per heavy atom. The fourth-order valence-electron chi connectivity index (χ4n) is 2.32. The largest absolute Gasteiger partial charge is 0.417 e. The van der Waals surface area contributed by atoms with Gasteiger partial charge in [0.25, 0.3) is 0 Å². The van der Waals surface area contributed by atoms with Gasteiger partial charge in [-0.3, -0.25) is 9.89 Å². The smallest absolute Gasteiger partial charge is 0.366 e. The molecule has 0 fully saturated rings. The number of nitrogens with one attached hydrogen (secondary N) is 1. The number of rotatable bonds is 3. The second kappa shape index (κ2) is 5.51.